The molecule has 0 radical (unpaired) electrons. The summed E-state index contributed by atoms with van der Waals surface area (Å²) in [5.74, 6) is 1.35. The highest BCUT2D eigenvalue weighted by molar-refractivity contribution is 8.00. The fourth-order valence-electron chi connectivity index (χ4n) is 2.30. The molecule has 15 heavy (non-hydrogen) atoms. The van der Waals surface area contributed by atoms with Crippen LogP contribution in [0.3, 0.4) is 0 Å². The molecule has 86 valence electrons. The summed E-state index contributed by atoms with van der Waals surface area (Å²) in [6.07, 6.45) is 5.61. The minimum absolute atomic E-state index is 0.140. The fourth-order valence-corrected chi connectivity index (χ4v) is 3.47. The standard InChI is InChI=1S/C11H19NO2S/c13-9-5-3-8(4-6-9)12-11(14)10-2-1-7-15-10/h8-10,13H,1-7H2,(H,12,14). The second kappa shape index (κ2) is 5.21. The summed E-state index contributed by atoms with van der Waals surface area (Å²) in [6.45, 7) is 0. The Morgan fingerprint density at radius 1 is 1.20 bits per heavy atom. The smallest absolute Gasteiger partial charge is 0.233 e. The number of hydrogen-bond acceptors (Lipinski definition) is 3. The molecule has 0 bridgehead atoms. The molecule has 2 N–H and O–H groups in total. The zero-order valence-corrected chi connectivity index (χ0v) is 9.76. The van der Waals surface area contributed by atoms with Crippen molar-refractivity contribution in [3.8, 4) is 0 Å². The molecular formula is C11H19NO2S. The molecule has 2 rings (SSSR count). The van der Waals surface area contributed by atoms with E-state index in [2.05, 4.69) is 5.32 Å². The first-order chi connectivity index (χ1) is 7.25. The topological polar surface area (TPSA) is 49.3 Å². The number of aliphatic hydroxyl groups excluding tert-OH is 1. The predicted molar refractivity (Wildman–Crippen MR) is 61.9 cm³/mol. The summed E-state index contributed by atoms with van der Waals surface area (Å²) >= 11 is 1.78. The minimum Gasteiger partial charge on any atom is -0.393 e. The monoisotopic (exact) mass is 229 g/mol. The van der Waals surface area contributed by atoms with Gasteiger partial charge in [0.1, 0.15) is 0 Å². The number of thioether (sulfide) groups is 1. The number of nitrogens with one attached hydrogen (secondary N) is 1. The van der Waals surface area contributed by atoms with Crippen LogP contribution in [0.4, 0.5) is 0 Å². The Morgan fingerprint density at radius 3 is 2.53 bits per heavy atom. The summed E-state index contributed by atoms with van der Waals surface area (Å²) in [5, 5.41) is 12.7. The molecule has 1 atom stereocenters. The molecule has 0 aromatic heterocycles. The van der Waals surface area contributed by atoms with E-state index in [-0.39, 0.29) is 17.3 Å². The molecule has 0 aromatic carbocycles. The van der Waals surface area contributed by atoms with Gasteiger partial charge in [-0.25, -0.2) is 0 Å². The van der Waals surface area contributed by atoms with Gasteiger partial charge < -0.3 is 10.4 Å². The molecular weight excluding hydrogens is 210 g/mol. The Bertz CT molecular complexity index is 221. The van der Waals surface area contributed by atoms with Gasteiger partial charge in [0.2, 0.25) is 5.91 Å². The van der Waals surface area contributed by atoms with Gasteiger partial charge in [0, 0.05) is 6.04 Å². The third kappa shape index (κ3) is 3.11. The lowest BCUT2D eigenvalue weighted by atomic mass is 9.93. The van der Waals surface area contributed by atoms with E-state index >= 15 is 0 Å². The maximum Gasteiger partial charge on any atom is 0.233 e. The van der Waals surface area contributed by atoms with Crippen molar-refractivity contribution in [1.82, 2.24) is 5.32 Å². The normalized spacial score (nSPS) is 36.5. The lowest BCUT2D eigenvalue weighted by Crippen LogP contribution is -2.42. The Labute approximate surface area is 95.0 Å². The number of hydrogen-bond donors (Lipinski definition) is 2. The Morgan fingerprint density at radius 2 is 1.93 bits per heavy atom. The van der Waals surface area contributed by atoms with Crippen molar-refractivity contribution in [1.29, 1.82) is 0 Å². The van der Waals surface area contributed by atoms with E-state index < -0.39 is 0 Å². The molecule has 3 nitrogen and oxygen atoms in total. The van der Waals surface area contributed by atoms with Gasteiger partial charge in [0.15, 0.2) is 0 Å². The molecule has 1 saturated heterocycles. The molecule has 0 aromatic rings. The van der Waals surface area contributed by atoms with Crippen LogP contribution >= 0.6 is 11.8 Å². The zero-order chi connectivity index (χ0) is 10.7. The van der Waals surface area contributed by atoms with E-state index in [9.17, 15) is 9.90 Å². The van der Waals surface area contributed by atoms with E-state index in [1.165, 1.54) is 6.42 Å². The number of carbonyl (C=O) groups is 1. The second-order valence-electron chi connectivity index (χ2n) is 4.52. The molecule has 1 saturated carbocycles. The fraction of sp³-hybridized carbons (Fsp3) is 0.909. The van der Waals surface area contributed by atoms with Gasteiger partial charge in [-0.1, -0.05) is 0 Å². The number of amides is 1. The van der Waals surface area contributed by atoms with Crippen molar-refractivity contribution < 1.29 is 9.90 Å². The van der Waals surface area contributed by atoms with Gasteiger partial charge >= 0.3 is 0 Å². The number of aliphatic hydroxyl groups is 1. The quantitative estimate of drug-likeness (QED) is 0.750. The van der Waals surface area contributed by atoms with Crippen LogP contribution in [0.5, 0.6) is 0 Å². The molecule has 4 heteroatoms. The molecule has 0 spiro atoms. The lowest BCUT2D eigenvalue weighted by molar-refractivity contribution is -0.121. The highest BCUT2D eigenvalue weighted by Crippen LogP contribution is 2.27. The molecule has 1 amide bonds. The van der Waals surface area contributed by atoms with Crippen LogP contribution in [0.25, 0.3) is 0 Å². The molecule has 1 heterocycles. The third-order valence-corrected chi connectivity index (χ3v) is 4.64. The largest absolute Gasteiger partial charge is 0.393 e. The first kappa shape index (κ1) is 11.3. The Balaban J connectivity index is 1.74. The maximum atomic E-state index is 11.8. The van der Waals surface area contributed by atoms with Crippen molar-refractivity contribution in [3.05, 3.63) is 0 Å². The number of carbonyl (C=O) groups excluding carboxylic acids is 1. The predicted octanol–water partition coefficient (Wildman–Crippen LogP) is 1.30. The van der Waals surface area contributed by atoms with Crippen molar-refractivity contribution in [2.24, 2.45) is 0 Å². The summed E-state index contributed by atoms with van der Waals surface area (Å²) < 4.78 is 0. The van der Waals surface area contributed by atoms with Crippen LogP contribution in [0, 0.1) is 0 Å². The van der Waals surface area contributed by atoms with Gasteiger partial charge in [-0.05, 0) is 44.3 Å². The average molecular weight is 229 g/mol. The van der Waals surface area contributed by atoms with Crippen molar-refractivity contribution in [2.75, 3.05) is 5.75 Å². The summed E-state index contributed by atoms with van der Waals surface area (Å²) in [4.78, 5) is 11.8. The van der Waals surface area contributed by atoms with E-state index in [1.54, 1.807) is 11.8 Å². The lowest BCUT2D eigenvalue weighted by Gasteiger charge is -2.27. The van der Waals surface area contributed by atoms with Crippen molar-refractivity contribution in [2.45, 2.75) is 55.9 Å². The van der Waals surface area contributed by atoms with E-state index in [4.69, 9.17) is 0 Å². The Hall–Kier alpha value is -0.220. The second-order valence-corrected chi connectivity index (χ2v) is 5.83. The highest BCUT2D eigenvalue weighted by Gasteiger charge is 2.27. The summed E-state index contributed by atoms with van der Waals surface area (Å²) in [7, 11) is 0. The van der Waals surface area contributed by atoms with Gasteiger partial charge in [-0.15, -0.1) is 11.8 Å². The molecule has 1 aliphatic heterocycles. The SMILES string of the molecule is O=C(NC1CCC(O)CC1)C1CCCS1. The van der Waals surface area contributed by atoms with E-state index in [0.29, 0.717) is 6.04 Å². The van der Waals surface area contributed by atoms with Crippen LogP contribution in [0.15, 0.2) is 0 Å². The average Bonchev–Trinajstić information content (AvgIpc) is 2.74. The Kier molecular flexibility index (Phi) is 3.92. The molecule has 1 aliphatic carbocycles. The van der Waals surface area contributed by atoms with Gasteiger partial charge in [0.25, 0.3) is 0 Å². The van der Waals surface area contributed by atoms with Crippen LogP contribution < -0.4 is 5.32 Å². The van der Waals surface area contributed by atoms with E-state index in [0.717, 1.165) is 37.9 Å². The highest BCUT2D eigenvalue weighted by atomic mass is 32.2. The van der Waals surface area contributed by atoms with Crippen LogP contribution in [-0.4, -0.2) is 34.2 Å². The van der Waals surface area contributed by atoms with Gasteiger partial charge in [0.05, 0.1) is 11.4 Å². The van der Waals surface area contributed by atoms with Crippen molar-refractivity contribution >= 4 is 17.7 Å². The number of rotatable bonds is 2. The molecule has 2 aliphatic rings. The zero-order valence-electron chi connectivity index (χ0n) is 8.95. The van der Waals surface area contributed by atoms with Gasteiger partial charge in [-0.3, -0.25) is 4.79 Å². The summed E-state index contributed by atoms with van der Waals surface area (Å²) in [6, 6.07) is 0.307. The van der Waals surface area contributed by atoms with Crippen molar-refractivity contribution in [3.63, 3.8) is 0 Å². The van der Waals surface area contributed by atoms with Gasteiger partial charge in [-0.2, -0.15) is 0 Å². The first-order valence-corrected chi connectivity index (χ1v) is 6.90. The molecule has 2 fully saturated rings. The van der Waals surface area contributed by atoms with Crippen LogP contribution in [0.1, 0.15) is 38.5 Å². The van der Waals surface area contributed by atoms with Crippen LogP contribution in [0.2, 0.25) is 0 Å². The maximum absolute atomic E-state index is 11.8. The minimum atomic E-state index is -0.140. The third-order valence-electron chi connectivity index (χ3n) is 3.27. The summed E-state index contributed by atoms with van der Waals surface area (Å²) in [5.41, 5.74) is 0. The first-order valence-electron chi connectivity index (χ1n) is 5.86. The van der Waals surface area contributed by atoms with E-state index in [1.807, 2.05) is 0 Å². The van der Waals surface area contributed by atoms with Crippen LogP contribution in [-0.2, 0) is 4.79 Å². The molecule has 1 unspecified atom stereocenters.